The molecule has 0 saturated carbocycles. The van der Waals surface area contributed by atoms with Gasteiger partial charge in [-0.15, -0.1) is 0 Å². The van der Waals surface area contributed by atoms with Crippen molar-refractivity contribution in [2.75, 3.05) is 26.3 Å². The van der Waals surface area contributed by atoms with Crippen molar-refractivity contribution >= 4 is 0 Å². The molecule has 0 amide bonds. The molecule has 0 bridgehead atoms. The number of rotatable bonds is 5. The average molecular weight is 225 g/mol. The Morgan fingerprint density at radius 1 is 1.56 bits per heavy atom. The van der Waals surface area contributed by atoms with Crippen LogP contribution in [0.2, 0.25) is 0 Å². The van der Waals surface area contributed by atoms with E-state index in [0.717, 1.165) is 44.3 Å². The van der Waals surface area contributed by atoms with Crippen LogP contribution in [0.25, 0.3) is 0 Å². The van der Waals surface area contributed by atoms with Gasteiger partial charge in [0.15, 0.2) is 5.82 Å². The van der Waals surface area contributed by atoms with E-state index in [1.165, 1.54) is 6.42 Å². The van der Waals surface area contributed by atoms with Crippen molar-refractivity contribution in [2.24, 2.45) is 0 Å². The van der Waals surface area contributed by atoms with Gasteiger partial charge in [-0.2, -0.15) is 4.98 Å². The minimum Gasteiger partial charge on any atom is -0.381 e. The largest absolute Gasteiger partial charge is 0.381 e. The van der Waals surface area contributed by atoms with Crippen LogP contribution in [0, 0.1) is 0 Å². The van der Waals surface area contributed by atoms with Gasteiger partial charge in [0, 0.05) is 19.6 Å². The van der Waals surface area contributed by atoms with Gasteiger partial charge in [0.2, 0.25) is 5.89 Å². The highest BCUT2D eigenvalue weighted by Crippen LogP contribution is 2.21. The van der Waals surface area contributed by atoms with Gasteiger partial charge in [0.1, 0.15) is 0 Å². The summed E-state index contributed by atoms with van der Waals surface area (Å²) in [6.45, 7) is 5.43. The van der Waals surface area contributed by atoms with Crippen LogP contribution in [0.4, 0.5) is 0 Å². The van der Waals surface area contributed by atoms with Gasteiger partial charge in [0.25, 0.3) is 0 Å². The molecule has 5 heteroatoms. The third-order valence-corrected chi connectivity index (χ3v) is 2.80. The molecule has 1 N–H and O–H groups in total. The zero-order chi connectivity index (χ0) is 11.2. The van der Waals surface area contributed by atoms with Gasteiger partial charge >= 0.3 is 0 Å². The Morgan fingerprint density at radius 3 is 3.25 bits per heavy atom. The molecule has 0 spiro atoms. The molecular weight excluding hydrogens is 206 g/mol. The Hall–Kier alpha value is -0.940. The second kappa shape index (κ2) is 5.96. The van der Waals surface area contributed by atoms with E-state index in [1.807, 2.05) is 6.92 Å². The Morgan fingerprint density at radius 2 is 2.50 bits per heavy atom. The van der Waals surface area contributed by atoms with Gasteiger partial charge in [-0.1, -0.05) is 5.16 Å². The molecule has 16 heavy (non-hydrogen) atoms. The minimum absolute atomic E-state index is 0.391. The topological polar surface area (TPSA) is 60.2 Å². The van der Waals surface area contributed by atoms with Crippen LogP contribution in [0.5, 0.6) is 0 Å². The maximum atomic E-state index is 5.28. The molecule has 1 unspecified atom stereocenters. The number of nitrogens with zero attached hydrogens (tertiary/aromatic N) is 2. The zero-order valence-electron chi connectivity index (χ0n) is 9.74. The van der Waals surface area contributed by atoms with Crippen LogP contribution < -0.4 is 5.32 Å². The molecule has 1 atom stereocenters. The van der Waals surface area contributed by atoms with Crippen LogP contribution >= 0.6 is 0 Å². The van der Waals surface area contributed by atoms with Crippen LogP contribution in [-0.2, 0) is 11.2 Å². The van der Waals surface area contributed by atoms with Crippen LogP contribution in [0.15, 0.2) is 4.52 Å². The molecule has 1 fully saturated rings. The van der Waals surface area contributed by atoms with E-state index in [-0.39, 0.29) is 0 Å². The Balaban J connectivity index is 1.85. The van der Waals surface area contributed by atoms with E-state index in [0.29, 0.717) is 12.5 Å². The number of hydrogen-bond acceptors (Lipinski definition) is 5. The third-order valence-electron chi connectivity index (χ3n) is 2.80. The summed E-state index contributed by atoms with van der Waals surface area (Å²) in [5.74, 6) is 1.93. The third kappa shape index (κ3) is 3.02. The number of ether oxygens (including phenoxy) is 1. The van der Waals surface area contributed by atoms with Crippen molar-refractivity contribution in [3.05, 3.63) is 11.7 Å². The fourth-order valence-corrected chi connectivity index (χ4v) is 1.91. The zero-order valence-corrected chi connectivity index (χ0v) is 9.74. The van der Waals surface area contributed by atoms with Gasteiger partial charge in [-0.05, 0) is 26.3 Å². The lowest BCUT2D eigenvalue weighted by atomic mass is 10.00. The normalized spacial score (nSPS) is 21.2. The first-order valence-corrected chi connectivity index (χ1v) is 6.01. The predicted molar refractivity (Wildman–Crippen MR) is 59.3 cm³/mol. The Kier molecular flexibility index (Phi) is 4.30. The number of nitrogens with one attached hydrogen (secondary N) is 1. The van der Waals surface area contributed by atoms with Crippen LogP contribution in [0.3, 0.4) is 0 Å². The average Bonchev–Trinajstić information content (AvgIpc) is 2.79. The molecule has 0 radical (unpaired) electrons. The molecule has 90 valence electrons. The minimum atomic E-state index is 0.391. The van der Waals surface area contributed by atoms with Crippen LogP contribution in [0.1, 0.15) is 37.4 Å². The SMILES string of the molecule is CCOCCc1noc(C2CCCNC2)n1. The summed E-state index contributed by atoms with van der Waals surface area (Å²) in [5, 5.41) is 7.31. The lowest BCUT2D eigenvalue weighted by Crippen LogP contribution is -2.28. The molecule has 0 aromatic carbocycles. The molecular formula is C11H19N3O2. The summed E-state index contributed by atoms with van der Waals surface area (Å²) in [7, 11) is 0. The molecule has 1 aromatic rings. The van der Waals surface area contributed by atoms with Crippen molar-refractivity contribution in [2.45, 2.75) is 32.1 Å². The van der Waals surface area contributed by atoms with E-state index in [4.69, 9.17) is 9.26 Å². The van der Waals surface area contributed by atoms with Crippen molar-refractivity contribution in [1.29, 1.82) is 0 Å². The van der Waals surface area contributed by atoms with Gasteiger partial charge < -0.3 is 14.6 Å². The quantitative estimate of drug-likeness (QED) is 0.761. The monoisotopic (exact) mass is 225 g/mol. The highest BCUT2D eigenvalue weighted by Gasteiger charge is 2.20. The summed E-state index contributed by atoms with van der Waals surface area (Å²) < 4.78 is 10.5. The molecule has 2 heterocycles. The summed E-state index contributed by atoms with van der Waals surface area (Å²) in [6, 6.07) is 0. The summed E-state index contributed by atoms with van der Waals surface area (Å²) in [6.07, 6.45) is 3.05. The standard InChI is InChI=1S/C11H19N3O2/c1-2-15-7-5-10-13-11(16-14-10)9-4-3-6-12-8-9/h9,12H,2-8H2,1H3. The van der Waals surface area contributed by atoms with E-state index in [1.54, 1.807) is 0 Å². The highest BCUT2D eigenvalue weighted by molar-refractivity contribution is 4.96. The van der Waals surface area contributed by atoms with Gasteiger partial charge in [-0.3, -0.25) is 0 Å². The predicted octanol–water partition coefficient (Wildman–Crippen LogP) is 1.12. The lowest BCUT2D eigenvalue weighted by Gasteiger charge is -2.18. The van der Waals surface area contributed by atoms with Crippen molar-refractivity contribution in [3.63, 3.8) is 0 Å². The first kappa shape index (κ1) is 11.5. The molecule has 2 rings (SSSR count). The fourth-order valence-electron chi connectivity index (χ4n) is 1.91. The maximum absolute atomic E-state index is 5.28. The molecule has 5 nitrogen and oxygen atoms in total. The number of piperidine rings is 1. The molecule has 0 aliphatic carbocycles. The smallest absolute Gasteiger partial charge is 0.231 e. The first-order chi connectivity index (χ1) is 7.90. The summed E-state index contributed by atoms with van der Waals surface area (Å²) >= 11 is 0. The molecule has 1 aliphatic rings. The van der Waals surface area contributed by atoms with Crippen LogP contribution in [-0.4, -0.2) is 36.4 Å². The van der Waals surface area contributed by atoms with Crippen molar-refractivity contribution < 1.29 is 9.26 Å². The first-order valence-electron chi connectivity index (χ1n) is 6.01. The summed E-state index contributed by atoms with van der Waals surface area (Å²) in [4.78, 5) is 4.41. The molecule has 1 saturated heterocycles. The molecule has 1 aliphatic heterocycles. The summed E-state index contributed by atoms with van der Waals surface area (Å²) in [5.41, 5.74) is 0. The molecule has 1 aromatic heterocycles. The van der Waals surface area contributed by atoms with Crippen molar-refractivity contribution in [3.8, 4) is 0 Å². The second-order valence-corrected chi connectivity index (χ2v) is 4.04. The lowest BCUT2D eigenvalue weighted by molar-refractivity contribution is 0.149. The highest BCUT2D eigenvalue weighted by atomic mass is 16.5. The van der Waals surface area contributed by atoms with Gasteiger partial charge in [0.05, 0.1) is 12.5 Å². The Labute approximate surface area is 95.6 Å². The van der Waals surface area contributed by atoms with E-state index in [2.05, 4.69) is 15.5 Å². The second-order valence-electron chi connectivity index (χ2n) is 4.04. The van der Waals surface area contributed by atoms with E-state index in [9.17, 15) is 0 Å². The van der Waals surface area contributed by atoms with Gasteiger partial charge in [-0.25, -0.2) is 0 Å². The van der Waals surface area contributed by atoms with E-state index < -0.39 is 0 Å². The number of hydrogen-bond donors (Lipinski definition) is 1. The van der Waals surface area contributed by atoms with E-state index >= 15 is 0 Å². The fraction of sp³-hybridized carbons (Fsp3) is 0.818. The Bertz CT molecular complexity index is 308. The number of aromatic nitrogens is 2. The van der Waals surface area contributed by atoms with Crippen molar-refractivity contribution in [1.82, 2.24) is 15.5 Å². The maximum Gasteiger partial charge on any atom is 0.231 e.